The van der Waals surface area contributed by atoms with Gasteiger partial charge in [0.2, 0.25) is 0 Å². The van der Waals surface area contributed by atoms with Gasteiger partial charge in [0.1, 0.15) is 11.6 Å². The van der Waals surface area contributed by atoms with Gasteiger partial charge in [-0.2, -0.15) is 0 Å². The van der Waals surface area contributed by atoms with Crippen LogP contribution in [0.3, 0.4) is 0 Å². The zero-order chi connectivity index (χ0) is 13.0. The van der Waals surface area contributed by atoms with Crippen LogP contribution in [0.5, 0.6) is 5.75 Å². The van der Waals surface area contributed by atoms with Gasteiger partial charge in [-0.3, -0.25) is 4.79 Å². The van der Waals surface area contributed by atoms with E-state index in [9.17, 15) is 9.18 Å². The molecular formula is C15H19FO2. The number of Topliss-reactive ketones (excluding diaryl/α,β-unsaturated/α-hetero) is 1. The first-order valence-electron chi connectivity index (χ1n) is 6.60. The van der Waals surface area contributed by atoms with E-state index in [0.717, 1.165) is 0 Å². The molecule has 98 valence electrons. The van der Waals surface area contributed by atoms with Gasteiger partial charge < -0.3 is 4.74 Å². The highest BCUT2D eigenvalue weighted by Gasteiger charge is 2.17. The zero-order valence-electron chi connectivity index (χ0n) is 10.7. The third kappa shape index (κ3) is 3.09. The summed E-state index contributed by atoms with van der Waals surface area (Å²) in [6.07, 6.45) is 6.14. The summed E-state index contributed by atoms with van der Waals surface area (Å²) in [6.45, 7) is 1.95. The molecule has 2 rings (SSSR count). The third-order valence-corrected chi connectivity index (χ3v) is 3.53. The molecule has 0 unspecified atom stereocenters. The fourth-order valence-corrected chi connectivity index (χ4v) is 2.53. The van der Waals surface area contributed by atoms with Gasteiger partial charge in [-0.05, 0) is 37.8 Å². The monoisotopic (exact) mass is 250 g/mol. The first kappa shape index (κ1) is 13.1. The van der Waals surface area contributed by atoms with Gasteiger partial charge in [-0.15, -0.1) is 0 Å². The maximum atomic E-state index is 13.6. The summed E-state index contributed by atoms with van der Waals surface area (Å²) in [7, 11) is 0. The first-order valence-corrected chi connectivity index (χ1v) is 6.60. The number of ether oxygens (including phenoxy) is 1. The molecule has 0 bridgehead atoms. The maximum absolute atomic E-state index is 13.6. The Kier molecular flexibility index (Phi) is 4.34. The summed E-state index contributed by atoms with van der Waals surface area (Å²) >= 11 is 0. The van der Waals surface area contributed by atoms with Gasteiger partial charge in [0.05, 0.1) is 12.2 Å². The van der Waals surface area contributed by atoms with Crippen molar-refractivity contribution in [3.63, 3.8) is 0 Å². The lowest BCUT2D eigenvalue weighted by Gasteiger charge is -2.22. The fourth-order valence-electron chi connectivity index (χ4n) is 2.53. The number of rotatable bonds is 4. The summed E-state index contributed by atoms with van der Waals surface area (Å²) < 4.78 is 19.2. The summed E-state index contributed by atoms with van der Waals surface area (Å²) in [5.74, 6) is 0.144. The van der Waals surface area contributed by atoms with Gasteiger partial charge in [0.25, 0.3) is 0 Å². The van der Waals surface area contributed by atoms with E-state index in [1.807, 2.05) is 0 Å². The lowest BCUT2D eigenvalue weighted by Crippen LogP contribution is -2.16. The second-order valence-corrected chi connectivity index (χ2v) is 4.98. The molecule has 1 aromatic rings. The predicted octanol–water partition coefficient (Wildman–Crippen LogP) is 3.99. The summed E-state index contributed by atoms with van der Waals surface area (Å²) in [4.78, 5) is 11.4. The molecule has 1 fully saturated rings. The Bertz CT molecular complexity index is 423. The van der Waals surface area contributed by atoms with Crippen molar-refractivity contribution in [3.05, 3.63) is 29.6 Å². The van der Waals surface area contributed by atoms with E-state index < -0.39 is 5.82 Å². The van der Waals surface area contributed by atoms with Crippen molar-refractivity contribution in [3.8, 4) is 5.75 Å². The lowest BCUT2D eigenvalue weighted by atomic mass is 9.90. The first-order chi connectivity index (χ1) is 8.68. The molecule has 0 heterocycles. The van der Waals surface area contributed by atoms with Gasteiger partial charge in [0, 0.05) is 0 Å². The van der Waals surface area contributed by atoms with Gasteiger partial charge in [-0.25, -0.2) is 4.39 Å². The van der Waals surface area contributed by atoms with Crippen molar-refractivity contribution < 1.29 is 13.9 Å². The van der Waals surface area contributed by atoms with Gasteiger partial charge in [0.15, 0.2) is 5.78 Å². The maximum Gasteiger partial charge on any atom is 0.166 e. The Balaban J connectivity index is 2.04. The van der Waals surface area contributed by atoms with Crippen molar-refractivity contribution in [2.24, 2.45) is 5.92 Å². The summed E-state index contributed by atoms with van der Waals surface area (Å²) in [6, 6.07) is 4.55. The molecule has 1 saturated carbocycles. The number of carbonyl (C=O) groups is 1. The molecule has 1 aliphatic carbocycles. The quantitative estimate of drug-likeness (QED) is 0.755. The number of benzene rings is 1. The Morgan fingerprint density at radius 1 is 1.33 bits per heavy atom. The van der Waals surface area contributed by atoms with Crippen molar-refractivity contribution in [1.29, 1.82) is 0 Å². The standard InChI is InChI=1S/C15H19FO2/c1-11(17)15-13(16)8-5-9-14(15)18-10-12-6-3-2-4-7-12/h5,8-9,12H,2-4,6-7,10H2,1H3. The molecule has 0 N–H and O–H groups in total. The minimum atomic E-state index is -0.497. The smallest absolute Gasteiger partial charge is 0.166 e. The number of carbonyl (C=O) groups excluding carboxylic acids is 1. The second kappa shape index (κ2) is 5.98. The number of hydrogen-bond acceptors (Lipinski definition) is 2. The highest BCUT2D eigenvalue weighted by atomic mass is 19.1. The Labute approximate surface area is 107 Å². The summed E-state index contributed by atoms with van der Waals surface area (Å²) in [5.41, 5.74) is 0.0771. The van der Waals surface area contributed by atoms with Crippen molar-refractivity contribution in [2.45, 2.75) is 39.0 Å². The SMILES string of the molecule is CC(=O)c1c(F)cccc1OCC1CCCCC1. The number of ketones is 1. The van der Waals surface area contributed by atoms with E-state index in [0.29, 0.717) is 18.3 Å². The van der Waals surface area contributed by atoms with Crippen LogP contribution in [0.15, 0.2) is 18.2 Å². The van der Waals surface area contributed by atoms with Crippen LogP contribution >= 0.6 is 0 Å². The van der Waals surface area contributed by atoms with E-state index in [2.05, 4.69) is 0 Å². The van der Waals surface area contributed by atoms with E-state index in [-0.39, 0.29) is 11.3 Å². The molecule has 0 aromatic heterocycles. The Morgan fingerprint density at radius 2 is 2.06 bits per heavy atom. The van der Waals surface area contributed by atoms with Crippen LogP contribution in [0, 0.1) is 11.7 Å². The second-order valence-electron chi connectivity index (χ2n) is 4.98. The number of hydrogen-bond donors (Lipinski definition) is 0. The third-order valence-electron chi connectivity index (χ3n) is 3.53. The number of halogens is 1. The fraction of sp³-hybridized carbons (Fsp3) is 0.533. The molecule has 2 nitrogen and oxygen atoms in total. The summed E-state index contributed by atoms with van der Waals surface area (Å²) in [5, 5.41) is 0. The molecule has 3 heteroatoms. The average molecular weight is 250 g/mol. The van der Waals surface area contributed by atoms with Crippen LogP contribution < -0.4 is 4.74 Å². The molecule has 0 aliphatic heterocycles. The average Bonchev–Trinajstić information content (AvgIpc) is 2.37. The Hall–Kier alpha value is -1.38. The largest absolute Gasteiger partial charge is 0.492 e. The lowest BCUT2D eigenvalue weighted by molar-refractivity contribution is 0.100. The van der Waals surface area contributed by atoms with Crippen LogP contribution in [-0.4, -0.2) is 12.4 Å². The van der Waals surface area contributed by atoms with E-state index in [1.165, 1.54) is 45.1 Å². The highest BCUT2D eigenvalue weighted by molar-refractivity contribution is 5.97. The zero-order valence-corrected chi connectivity index (χ0v) is 10.7. The van der Waals surface area contributed by atoms with Crippen LogP contribution in [0.25, 0.3) is 0 Å². The molecule has 18 heavy (non-hydrogen) atoms. The van der Waals surface area contributed by atoms with Crippen molar-refractivity contribution in [2.75, 3.05) is 6.61 Å². The van der Waals surface area contributed by atoms with Crippen LogP contribution in [-0.2, 0) is 0 Å². The molecule has 0 atom stereocenters. The van der Waals surface area contributed by atoms with Crippen molar-refractivity contribution >= 4 is 5.78 Å². The normalized spacial score (nSPS) is 16.6. The van der Waals surface area contributed by atoms with Crippen molar-refractivity contribution in [1.82, 2.24) is 0 Å². The van der Waals surface area contributed by atoms with E-state index >= 15 is 0 Å². The molecule has 1 aromatic carbocycles. The van der Waals surface area contributed by atoms with E-state index in [1.54, 1.807) is 12.1 Å². The predicted molar refractivity (Wildman–Crippen MR) is 68.5 cm³/mol. The molecule has 0 saturated heterocycles. The van der Waals surface area contributed by atoms with Crippen LogP contribution in [0.4, 0.5) is 4.39 Å². The topological polar surface area (TPSA) is 26.3 Å². The molecule has 1 aliphatic rings. The minimum absolute atomic E-state index is 0.0771. The van der Waals surface area contributed by atoms with Gasteiger partial charge in [-0.1, -0.05) is 25.3 Å². The Morgan fingerprint density at radius 3 is 2.72 bits per heavy atom. The van der Waals surface area contributed by atoms with Crippen LogP contribution in [0.2, 0.25) is 0 Å². The van der Waals surface area contributed by atoms with E-state index in [4.69, 9.17) is 4.74 Å². The molecule has 0 radical (unpaired) electrons. The molecular weight excluding hydrogens is 231 g/mol. The van der Waals surface area contributed by atoms with Gasteiger partial charge >= 0.3 is 0 Å². The van der Waals surface area contributed by atoms with Crippen LogP contribution in [0.1, 0.15) is 49.4 Å². The minimum Gasteiger partial charge on any atom is -0.492 e. The highest BCUT2D eigenvalue weighted by Crippen LogP contribution is 2.27. The molecule has 0 amide bonds. The molecule has 0 spiro atoms.